The monoisotopic (exact) mass is 308 g/mol. The number of imidazole rings is 1. The summed E-state index contributed by atoms with van der Waals surface area (Å²) in [5.41, 5.74) is 2.89. The van der Waals surface area contributed by atoms with Crippen LogP contribution in [0, 0.1) is 5.95 Å². The van der Waals surface area contributed by atoms with Crippen molar-refractivity contribution in [2.75, 3.05) is 6.54 Å². The van der Waals surface area contributed by atoms with E-state index < -0.39 is 5.95 Å². The molecule has 0 aliphatic carbocycles. The van der Waals surface area contributed by atoms with E-state index in [0.717, 1.165) is 11.0 Å². The van der Waals surface area contributed by atoms with Crippen molar-refractivity contribution in [1.82, 2.24) is 19.7 Å². The van der Waals surface area contributed by atoms with Crippen LogP contribution in [0.15, 0.2) is 42.5 Å². The lowest BCUT2D eigenvalue weighted by Gasteiger charge is -2.08. The van der Waals surface area contributed by atoms with E-state index in [1.54, 1.807) is 16.5 Å². The van der Waals surface area contributed by atoms with E-state index >= 15 is 0 Å². The zero-order valence-electron chi connectivity index (χ0n) is 12.4. The molecule has 0 atom stereocenters. The summed E-state index contributed by atoms with van der Waals surface area (Å²) in [5, 5.41) is 3.47. The van der Waals surface area contributed by atoms with Crippen molar-refractivity contribution < 1.29 is 9.18 Å². The molecular formula is C17H13FN4O. The Labute approximate surface area is 130 Å². The molecule has 4 rings (SSSR count). The maximum absolute atomic E-state index is 13.6. The average molecular weight is 308 g/mol. The Hall–Kier alpha value is -3.02. The number of carbonyl (C=O) groups is 1. The minimum atomic E-state index is -0.567. The Kier molecular flexibility index (Phi) is 2.97. The van der Waals surface area contributed by atoms with Crippen molar-refractivity contribution in [2.24, 2.45) is 0 Å². The molecule has 23 heavy (non-hydrogen) atoms. The highest BCUT2D eigenvalue weighted by Crippen LogP contribution is 2.25. The maximum Gasteiger partial charge on any atom is 0.255 e. The van der Waals surface area contributed by atoms with E-state index in [9.17, 15) is 9.18 Å². The van der Waals surface area contributed by atoms with E-state index in [-0.39, 0.29) is 5.91 Å². The van der Waals surface area contributed by atoms with Crippen LogP contribution in [-0.4, -0.2) is 26.8 Å². The first-order chi connectivity index (χ1) is 11.2. The standard InChI is InChI=1S/C17H13FN4O/c1-2-19-17(23)11-9-10-7-8-14(18)21-15(10)22-13-6-4-3-5-12(13)20-16(11)22/h3-9H,2H2,1H3,(H,19,23). The van der Waals surface area contributed by atoms with Gasteiger partial charge in [0.1, 0.15) is 5.65 Å². The summed E-state index contributed by atoms with van der Waals surface area (Å²) in [6.45, 7) is 2.38. The zero-order valence-corrected chi connectivity index (χ0v) is 12.4. The number of nitrogens with one attached hydrogen (secondary N) is 1. The number of hydrogen-bond donors (Lipinski definition) is 1. The zero-order chi connectivity index (χ0) is 16.0. The Morgan fingerprint density at radius 3 is 2.83 bits per heavy atom. The molecule has 3 heterocycles. The molecule has 0 fully saturated rings. The van der Waals surface area contributed by atoms with E-state index in [2.05, 4.69) is 15.3 Å². The minimum absolute atomic E-state index is 0.209. The van der Waals surface area contributed by atoms with Crippen LogP contribution >= 0.6 is 0 Å². The summed E-state index contributed by atoms with van der Waals surface area (Å²) in [7, 11) is 0. The largest absolute Gasteiger partial charge is 0.352 e. The van der Waals surface area contributed by atoms with Crippen LogP contribution in [0.4, 0.5) is 4.39 Å². The van der Waals surface area contributed by atoms with Crippen molar-refractivity contribution in [2.45, 2.75) is 6.92 Å². The van der Waals surface area contributed by atoms with Gasteiger partial charge in [-0.25, -0.2) is 9.97 Å². The van der Waals surface area contributed by atoms with Crippen LogP contribution in [0.3, 0.4) is 0 Å². The van der Waals surface area contributed by atoms with Crippen LogP contribution in [0.5, 0.6) is 0 Å². The van der Waals surface area contributed by atoms with Crippen molar-refractivity contribution in [3.8, 4) is 0 Å². The molecule has 0 saturated carbocycles. The first kappa shape index (κ1) is 13.6. The lowest BCUT2D eigenvalue weighted by Crippen LogP contribution is -2.23. The van der Waals surface area contributed by atoms with Crippen molar-refractivity contribution in [3.63, 3.8) is 0 Å². The highest BCUT2D eigenvalue weighted by Gasteiger charge is 2.17. The fourth-order valence-corrected chi connectivity index (χ4v) is 2.79. The molecule has 0 aliphatic rings. The van der Waals surface area contributed by atoms with Gasteiger partial charge in [-0.3, -0.25) is 9.20 Å². The number of aromatic nitrogens is 3. The number of amides is 1. The molecule has 1 aromatic carbocycles. The van der Waals surface area contributed by atoms with Gasteiger partial charge in [-0.05, 0) is 37.3 Å². The molecule has 0 saturated heterocycles. The molecule has 1 amide bonds. The quantitative estimate of drug-likeness (QED) is 0.579. The highest BCUT2D eigenvalue weighted by molar-refractivity contribution is 6.05. The number of benzene rings is 1. The van der Waals surface area contributed by atoms with Crippen LogP contribution in [0.25, 0.3) is 27.7 Å². The Morgan fingerprint density at radius 2 is 2.00 bits per heavy atom. The highest BCUT2D eigenvalue weighted by atomic mass is 19.1. The van der Waals surface area contributed by atoms with Gasteiger partial charge >= 0.3 is 0 Å². The molecule has 1 N–H and O–H groups in total. The van der Waals surface area contributed by atoms with Gasteiger partial charge in [-0.2, -0.15) is 4.39 Å². The van der Waals surface area contributed by atoms with E-state index in [4.69, 9.17) is 0 Å². The third-order valence-electron chi connectivity index (χ3n) is 3.77. The summed E-state index contributed by atoms with van der Waals surface area (Å²) >= 11 is 0. The number of nitrogens with zero attached hydrogens (tertiary/aromatic N) is 3. The van der Waals surface area contributed by atoms with Crippen molar-refractivity contribution in [3.05, 3.63) is 54.0 Å². The summed E-state index contributed by atoms with van der Waals surface area (Å²) in [6.07, 6.45) is 0. The molecule has 0 radical (unpaired) electrons. The molecule has 0 unspecified atom stereocenters. The summed E-state index contributed by atoms with van der Waals surface area (Å²) in [6, 6.07) is 12.1. The first-order valence-corrected chi connectivity index (χ1v) is 7.33. The molecule has 114 valence electrons. The second kappa shape index (κ2) is 5.01. The van der Waals surface area contributed by atoms with Gasteiger partial charge in [-0.1, -0.05) is 12.1 Å². The fraction of sp³-hybridized carbons (Fsp3) is 0.118. The van der Waals surface area contributed by atoms with Crippen LogP contribution in [0.2, 0.25) is 0 Å². The topological polar surface area (TPSA) is 59.3 Å². The van der Waals surface area contributed by atoms with Crippen LogP contribution in [0.1, 0.15) is 17.3 Å². The molecule has 0 spiro atoms. The molecule has 4 aromatic rings. The third kappa shape index (κ3) is 2.03. The van der Waals surface area contributed by atoms with Gasteiger partial charge in [0.2, 0.25) is 5.95 Å². The third-order valence-corrected chi connectivity index (χ3v) is 3.77. The Balaban J connectivity index is 2.22. The van der Waals surface area contributed by atoms with Gasteiger partial charge < -0.3 is 5.32 Å². The fourth-order valence-electron chi connectivity index (χ4n) is 2.79. The SMILES string of the molecule is CCNC(=O)c1cc2ccc(F)nc2n2c1nc1ccccc12. The smallest absolute Gasteiger partial charge is 0.255 e. The number of hydrogen-bond acceptors (Lipinski definition) is 3. The molecule has 0 aliphatic heterocycles. The van der Waals surface area contributed by atoms with Gasteiger partial charge in [0.25, 0.3) is 5.91 Å². The lowest BCUT2D eigenvalue weighted by molar-refractivity contribution is 0.0957. The van der Waals surface area contributed by atoms with Crippen LogP contribution < -0.4 is 5.32 Å². The van der Waals surface area contributed by atoms with E-state index in [1.165, 1.54) is 6.07 Å². The average Bonchev–Trinajstić information content (AvgIpc) is 2.94. The van der Waals surface area contributed by atoms with Crippen molar-refractivity contribution >= 4 is 33.6 Å². The molecule has 5 nitrogen and oxygen atoms in total. The number of rotatable bonds is 2. The maximum atomic E-state index is 13.6. The number of para-hydroxylation sites is 2. The molecule has 3 aromatic heterocycles. The predicted molar refractivity (Wildman–Crippen MR) is 86.0 cm³/mol. The van der Waals surface area contributed by atoms with Gasteiger partial charge in [0.05, 0.1) is 16.6 Å². The molecular weight excluding hydrogens is 295 g/mol. The summed E-state index contributed by atoms with van der Waals surface area (Å²) < 4.78 is 15.4. The minimum Gasteiger partial charge on any atom is -0.352 e. The van der Waals surface area contributed by atoms with Gasteiger partial charge in [0, 0.05) is 11.9 Å². The number of halogens is 1. The Bertz CT molecular complexity index is 1070. The Morgan fingerprint density at radius 1 is 1.17 bits per heavy atom. The lowest BCUT2D eigenvalue weighted by atomic mass is 10.2. The van der Waals surface area contributed by atoms with Gasteiger partial charge in [-0.15, -0.1) is 0 Å². The second-order valence-corrected chi connectivity index (χ2v) is 5.22. The second-order valence-electron chi connectivity index (χ2n) is 5.22. The summed E-state index contributed by atoms with van der Waals surface area (Å²) in [5.74, 6) is -0.777. The molecule has 6 heteroatoms. The molecule has 0 bridgehead atoms. The van der Waals surface area contributed by atoms with E-state index in [1.807, 2.05) is 31.2 Å². The summed E-state index contributed by atoms with van der Waals surface area (Å²) in [4.78, 5) is 20.9. The normalized spacial score (nSPS) is 11.4. The first-order valence-electron chi connectivity index (χ1n) is 7.33. The number of fused-ring (bicyclic) bond motifs is 5. The number of pyridine rings is 2. The van der Waals surface area contributed by atoms with Crippen LogP contribution in [-0.2, 0) is 0 Å². The van der Waals surface area contributed by atoms with E-state index in [0.29, 0.717) is 28.8 Å². The van der Waals surface area contributed by atoms with Crippen molar-refractivity contribution in [1.29, 1.82) is 0 Å². The number of carbonyl (C=O) groups excluding carboxylic acids is 1. The van der Waals surface area contributed by atoms with Gasteiger partial charge in [0.15, 0.2) is 5.65 Å². The predicted octanol–water partition coefficient (Wildman–Crippen LogP) is 2.92.